The molecule has 0 radical (unpaired) electrons. The first-order valence-electron chi connectivity index (χ1n) is 2.59. The van der Waals surface area contributed by atoms with E-state index in [1.807, 2.05) is 5.38 Å². The van der Waals surface area contributed by atoms with E-state index in [0.29, 0.717) is 0 Å². The number of hydrogen-bond donors (Lipinski definition) is 2. The molecule has 0 aromatic carbocycles. The summed E-state index contributed by atoms with van der Waals surface area (Å²) in [6.45, 7) is -0.0380. The lowest BCUT2D eigenvalue weighted by atomic mass is 10.3. The van der Waals surface area contributed by atoms with Crippen LogP contribution in [0.15, 0.2) is 10.9 Å². The third kappa shape index (κ3) is 1.48. The molecule has 0 bridgehead atoms. The topological polar surface area (TPSA) is 59.1 Å². The molecule has 4 heteroatoms. The summed E-state index contributed by atoms with van der Waals surface area (Å²) < 4.78 is 0. The summed E-state index contributed by atoms with van der Waals surface area (Å²) in [5.41, 5.74) is 7.90. The first kappa shape index (κ1) is 6.67. The van der Waals surface area contributed by atoms with Crippen molar-refractivity contribution >= 4 is 11.3 Å². The Bertz CT molecular complexity index is 163. The summed E-state index contributed by atoms with van der Waals surface area (Å²) in [5, 5.41) is 10.4. The van der Waals surface area contributed by atoms with Crippen LogP contribution in [0.25, 0.3) is 0 Å². The van der Waals surface area contributed by atoms with Gasteiger partial charge in [0.2, 0.25) is 0 Å². The van der Waals surface area contributed by atoms with Crippen LogP contribution in [0.1, 0.15) is 11.7 Å². The number of thiazole rings is 1. The zero-order valence-electron chi connectivity index (χ0n) is 4.82. The van der Waals surface area contributed by atoms with Crippen molar-refractivity contribution in [2.45, 2.75) is 6.04 Å². The highest BCUT2D eigenvalue weighted by atomic mass is 32.1. The number of aromatic nitrogens is 1. The summed E-state index contributed by atoms with van der Waals surface area (Å²) in [7, 11) is 0. The predicted molar refractivity (Wildman–Crippen MR) is 36.1 cm³/mol. The minimum absolute atomic E-state index is 0.0380. The van der Waals surface area contributed by atoms with Crippen LogP contribution in [0, 0.1) is 0 Å². The van der Waals surface area contributed by atoms with E-state index in [1.165, 1.54) is 11.3 Å². The van der Waals surface area contributed by atoms with Gasteiger partial charge in [-0.3, -0.25) is 0 Å². The Hall–Kier alpha value is -0.450. The van der Waals surface area contributed by atoms with Gasteiger partial charge in [-0.15, -0.1) is 11.3 Å². The number of aliphatic hydroxyl groups is 1. The molecule has 50 valence electrons. The number of hydrogen-bond acceptors (Lipinski definition) is 4. The molecule has 1 aromatic rings. The van der Waals surface area contributed by atoms with Gasteiger partial charge in [0.15, 0.2) is 0 Å². The molecule has 0 aliphatic heterocycles. The van der Waals surface area contributed by atoms with Crippen molar-refractivity contribution in [3.63, 3.8) is 0 Å². The van der Waals surface area contributed by atoms with Crippen molar-refractivity contribution < 1.29 is 5.11 Å². The van der Waals surface area contributed by atoms with E-state index in [4.69, 9.17) is 10.8 Å². The van der Waals surface area contributed by atoms with Crippen molar-refractivity contribution in [3.8, 4) is 0 Å². The highest BCUT2D eigenvalue weighted by molar-refractivity contribution is 7.07. The number of aliphatic hydroxyl groups excluding tert-OH is 1. The lowest BCUT2D eigenvalue weighted by molar-refractivity contribution is 0.266. The molecular formula is C5H8N2OS. The van der Waals surface area contributed by atoms with Crippen LogP contribution in [0.2, 0.25) is 0 Å². The maximum absolute atomic E-state index is 8.55. The fraction of sp³-hybridized carbons (Fsp3) is 0.400. The predicted octanol–water partition coefficient (Wildman–Crippen LogP) is 0.135. The summed E-state index contributed by atoms with van der Waals surface area (Å²) in [6, 6.07) is -0.309. The van der Waals surface area contributed by atoms with Crippen LogP contribution in [0.4, 0.5) is 0 Å². The van der Waals surface area contributed by atoms with Gasteiger partial charge in [-0.1, -0.05) is 0 Å². The van der Waals surface area contributed by atoms with Crippen LogP contribution in [-0.2, 0) is 0 Å². The third-order valence-electron chi connectivity index (χ3n) is 1.03. The quantitative estimate of drug-likeness (QED) is 0.620. The van der Waals surface area contributed by atoms with Crippen molar-refractivity contribution in [2.24, 2.45) is 5.73 Å². The molecule has 0 saturated carbocycles. The average Bonchev–Trinajstić information content (AvgIpc) is 2.37. The smallest absolute Gasteiger partial charge is 0.0795 e. The highest BCUT2D eigenvalue weighted by Gasteiger charge is 2.03. The second-order valence-electron chi connectivity index (χ2n) is 1.70. The van der Waals surface area contributed by atoms with Gasteiger partial charge in [0, 0.05) is 5.38 Å². The summed E-state index contributed by atoms with van der Waals surface area (Å²) >= 11 is 1.48. The molecule has 0 spiro atoms. The van der Waals surface area contributed by atoms with Crippen molar-refractivity contribution in [3.05, 3.63) is 16.6 Å². The van der Waals surface area contributed by atoms with Crippen molar-refractivity contribution in [2.75, 3.05) is 6.61 Å². The molecule has 0 unspecified atom stereocenters. The Balaban J connectivity index is 2.65. The zero-order chi connectivity index (χ0) is 6.69. The summed E-state index contributed by atoms with van der Waals surface area (Å²) in [4.78, 5) is 3.92. The zero-order valence-corrected chi connectivity index (χ0v) is 5.64. The minimum Gasteiger partial charge on any atom is -0.394 e. The molecule has 1 atom stereocenters. The molecule has 0 aliphatic carbocycles. The van der Waals surface area contributed by atoms with Gasteiger partial charge in [0.1, 0.15) is 0 Å². The Morgan fingerprint density at radius 2 is 2.67 bits per heavy atom. The molecule has 3 nitrogen and oxygen atoms in total. The highest BCUT2D eigenvalue weighted by Crippen LogP contribution is 2.08. The maximum atomic E-state index is 8.55. The lowest BCUT2D eigenvalue weighted by Crippen LogP contribution is -2.14. The molecular weight excluding hydrogens is 136 g/mol. The van der Waals surface area contributed by atoms with E-state index in [0.717, 1.165) is 5.69 Å². The van der Waals surface area contributed by atoms with Gasteiger partial charge in [-0.05, 0) is 0 Å². The second kappa shape index (κ2) is 2.91. The van der Waals surface area contributed by atoms with E-state index < -0.39 is 0 Å². The van der Waals surface area contributed by atoms with Gasteiger partial charge in [0.25, 0.3) is 0 Å². The van der Waals surface area contributed by atoms with E-state index >= 15 is 0 Å². The summed E-state index contributed by atoms with van der Waals surface area (Å²) in [5.74, 6) is 0. The van der Waals surface area contributed by atoms with Crippen molar-refractivity contribution in [1.82, 2.24) is 4.98 Å². The molecule has 1 heterocycles. The fourth-order valence-electron chi connectivity index (χ4n) is 0.499. The van der Waals surface area contributed by atoms with Crippen LogP contribution in [-0.4, -0.2) is 16.7 Å². The Labute approximate surface area is 57.2 Å². The molecule has 0 aliphatic rings. The van der Waals surface area contributed by atoms with Crippen LogP contribution in [0.5, 0.6) is 0 Å². The minimum atomic E-state index is -0.309. The average molecular weight is 144 g/mol. The van der Waals surface area contributed by atoms with Gasteiger partial charge < -0.3 is 10.8 Å². The van der Waals surface area contributed by atoms with Gasteiger partial charge in [-0.2, -0.15) is 0 Å². The van der Waals surface area contributed by atoms with Crippen LogP contribution in [0.3, 0.4) is 0 Å². The molecule has 0 amide bonds. The SMILES string of the molecule is N[C@@H](CO)c1cscn1. The lowest BCUT2D eigenvalue weighted by Gasteiger charge is -2.00. The molecule has 1 rings (SSSR count). The maximum Gasteiger partial charge on any atom is 0.0795 e. The van der Waals surface area contributed by atoms with E-state index in [2.05, 4.69) is 4.98 Å². The molecule has 1 aromatic heterocycles. The standard InChI is InChI=1S/C5H8N2OS/c6-4(1-8)5-2-9-3-7-5/h2-4,8H,1,6H2/t4-/m0/s1. The van der Waals surface area contributed by atoms with E-state index in [-0.39, 0.29) is 12.6 Å². The van der Waals surface area contributed by atoms with Gasteiger partial charge in [-0.25, -0.2) is 4.98 Å². The second-order valence-corrected chi connectivity index (χ2v) is 2.42. The Morgan fingerprint density at radius 1 is 1.89 bits per heavy atom. The molecule has 0 saturated heterocycles. The monoisotopic (exact) mass is 144 g/mol. The summed E-state index contributed by atoms with van der Waals surface area (Å²) in [6.07, 6.45) is 0. The molecule has 0 fully saturated rings. The number of rotatable bonds is 2. The molecule has 3 N–H and O–H groups in total. The Kier molecular flexibility index (Phi) is 2.16. The number of nitrogens with zero attached hydrogens (tertiary/aromatic N) is 1. The van der Waals surface area contributed by atoms with E-state index in [1.54, 1.807) is 5.51 Å². The largest absolute Gasteiger partial charge is 0.394 e. The van der Waals surface area contributed by atoms with Crippen molar-refractivity contribution in [1.29, 1.82) is 0 Å². The van der Waals surface area contributed by atoms with Gasteiger partial charge in [0.05, 0.1) is 23.9 Å². The van der Waals surface area contributed by atoms with Gasteiger partial charge >= 0.3 is 0 Å². The van der Waals surface area contributed by atoms with Crippen LogP contribution < -0.4 is 5.73 Å². The van der Waals surface area contributed by atoms with Crippen LogP contribution >= 0.6 is 11.3 Å². The first-order valence-corrected chi connectivity index (χ1v) is 3.53. The van der Waals surface area contributed by atoms with E-state index in [9.17, 15) is 0 Å². The first-order chi connectivity index (χ1) is 4.34. The number of nitrogens with two attached hydrogens (primary N) is 1. The Morgan fingerprint density at radius 3 is 3.11 bits per heavy atom. The fourth-order valence-corrected chi connectivity index (χ4v) is 1.12. The normalized spacial score (nSPS) is 13.6. The third-order valence-corrected chi connectivity index (χ3v) is 1.63. The molecule has 9 heavy (non-hydrogen) atoms.